The topological polar surface area (TPSA) is 97.8 Å². The van der Waals surface area contributed by atoms with Crippen molar-refractivity contribution in [3.05, 3.63) is 53.9 Å². The van der Waals surface area contributed by atoms with Crippen LogP contribution < -0.4 is 20.4 Å². The smallest absolute Gasteiger partial charge is 0.248 e. The van der Waals surface area contributed by atoms with Crippen LogP contribution in [0, 0.1) is 0 Å². The SMILES string of the molecule is CN(C)c1ccncc1C(C(=O)NC1CCC(F)(F)CC1)N(C(=O)C1CC(O)CN1)c1ccc(C(C)(C)C)cc1. The Bertz CT molecular complexity index is 1190. The molecule has 0 radical (unpaired) electrons. The fourth-order valence-electron chi connectivity index (χ4n) is 5.48. The molecule has 2 amide bonds. The van der Waals surface area contributed by atoms with E-state index in [0.717, 1.165) is 5.56 Å². The van der Waals surface area contributed by atoms with Crippen LogP contribution in [0.1, 0.15) is 70.0 Å². The van der Waals surface area contributed by atoms with E-state index in [1.54, 1.807) is 18.5 Å². The summed E-state index contributed by atoms with van der Waals surface area (Å²) >= 11 is 0. The minimum absolute atomic E-state index is 0.119. The number of hydrogen-bond donors (Lipinski definition) is 3. The van der Waals surface area contributed by atoms with E-state index in [1.165, 1.54) is 4.90 Å². The number of nitrogens with zero attached hydrogens (tertiary/aromatic N) is 3. The molecule has 1 aliphatic heterocycles. The van der Waals surface area contributed by atoms with Crippen LogP contribution in [0.3, 0.4) is 0 Å². The average molecular weight is 558 g/mol. The third kappa shape index (κ3) is 6.78. The number of alkyl halides is 2. The molecular formula is C30H41F2N5O3. The molecule has 3 atom stereocenters. The lowest BCUT2D eigenvalue weighted by Gasteiger charge is -2.36. The second-order valence-electron chi connectivity index (χ2n) is 12.2. The highest BCUT2D eigenvalue weighted by molar-refractivity contribution is 6.04. The molecule has 8 nitrogen and oxygen atoms in total. The Kier molecular flexibility index (Phi) is 8.80. The summed E-state index contributed by atoms with van der Waals surface area (Å²) in [6.45, 7) is 6.56. The average Bonchev–Trinajstić information content (AvgIpc) is 3.34. The van der Waals surface area contributed by atoms with Gasteiger partial charge in [-0.2, -0.15) is 0 Å². The quantitative estimate of drug-likeness (QED) is 0.477. The molecule has 4 rings (SSSR count). The van der Waals surface area contributed by atoms with Crippen LogP contribution in [0.4, 0.5) is 20.2 Å². The largest absolute Gasteiger partial charge is 0.392 e. The monoisotopic (exact) mass is 557 g/mol. The molecule has 1 aromatic heterocycles. The van der Waals surface area contributed by atoms with Crippen molar-refractivity contribution >= 4 is 23.2 Å². The molecular weight excluding hydrogens is 516 g/mol. The van der Waals surface area contributed by atoms with E-state index < -0.39 is 36.1 Å². The molecule has 1 saturated heterocycles. The Morgan fingerprint density at radius 1 is 1.12 bits per heavy atom. The third-order valence-electron chi connectivity index (χ3n) is 7.83. The van der Waals surface area contributed by atoms with Gasteiger partial charge in [0.1, 0.15) is 6.04 Å². The predicted octanol–water partition coefficient (Wildman–Crippen LogP) is 3.94. The highest BCUT2D eigenvalue weighted by atomic mass is 19.3. The molecule has 1 aromatic carbocycles. The van der Waals surface area contributed by atoms with E-state index in [9.17, 15) is 23.5 Å². The molecule has 0 spiro atoms. The minimum Gasteiger partial charge on any atom is -0.392 e. The first-order chi connectivity index (χ1) is 18.8. The van der Waals surface area contributed by atoms with Crippen molar-refractivity contribution in [2.75, 3.05) is 30.4 Å². The predicted molar refractivity (Wildman–Crippen MR) is 152 cm³/mol. The Morgan fingerprint density at radius 3 is 2.33 bits per heavy atom. The summed E-state index contributed by atoms with van der Waals surface area (Å²) < 4.78 is 27.7. The van der Waals surface area contributed by atoms with Gasteiger partial charge in [-0.1, -0.05) is 32.9 Å². The third-order valence-corrected chi connectivity index (χ3v) is 7.83. The van der Waals surface area contributed by atoms with E-state index in [0.29, 0.717) is 16.9 Å². The van der Waals surface area contributed by atoms with E-state index in [2.05, 4.69) is 36.4 Å². The van der Waals surface area contributed by atoms with Gasteiger partial charge in [0.25, 0.3) is 0 Å². The van der Waals surface area contributed by atoms with Gasteiger partial charge >= 0.3 is 0 Å². The molecule has 10 heteroatoms. The number of nitrogens with one attached hydrogen (secondary N) is 2. The molecule has 218 valence electrons. The maximum Gasteiger partial charge on any atom is 0.248 e. The van der Waals surface area contributed by atoms with Gasteiger partial charge in [0.05, 0.1) is 12.1 Å². The van der Waals surface area contributed by atoms with Crippen molar-refractivity contribution in [1.29, 1.82) is 0 Å². The molecule has 2 heterocycles. The number of halogens is 2. The summed E-state index contributed by atoms with van der Waals surface area (Å²) in [6.07, 6.45) is 2.47. The molecule has 1 aliphatic carbocycles. The summed E-state index contributed by atoms with van der Waals surface area (Å²) in [5.74, 6) is -3.55. The molecule has 3 unspecified atom stereocenters. The van der Waals surface area contributed by atoms with Gasteiger partial charge in [-0.15, -0.1) is 0 Å². The first-order valence-electron chi connectivity index (χ1n) is 13.9. The summed E-state index contributed by atoms with van der Waals surface area (Å²) in [5, 5.41) is 16.2. The zero-order chi connectivity index (χ0) is 29.2. The molecule has 1 saturated carbocycles. The number of carbonyl (C=O) groups excluding carboxylic acids is 2. The number of anilines is 2. The lowest BCUT2D eigenvalue weighted by Crippen LogP contribution is -2.52. The number of β-amino-alcohol motifs (C(OH)–C–C–N with tert-alkyl or cyclic N) is 1. The van der Waals surface area contributed by atoms with Crippen LogP contribution in [-0.4, -0.2) is 66.7 Å². The molecule has 40 heavy (non-hydrogen) atoms. The second-order valence-corrected chi connectivity index (χ2v) is 12.2. The fourth-order valence-corrected chi connectivity index (χ4v) is 5.48. The number of carbonyl (C=O) groups is 2. The van der Waals surface area contributed by atoms with Gasteiger partial charge in [-0.05, 0) is 48.4 Å². The van der Waals surface area contributed by atoms with Crippen molar-refractivity contribution < 1.29 is 23.5 Å². The molecule has 0 bridgehead atoms. The lowest BCUT2D eigenvalue weighted by molar-refractivity contribution is -0.128. The second kappa shape index (κ2) is 11.8. The number of aromatic nitrogens is 1. The number of rotatable bonds is 7. The summed E-state index contributed by atoms with van der Waals surface area (Å²) in [5.41, 5.74) is 2.68. The van der Waals surface area contributed by atoms with E-state index >= 15 is 0 Å². The Morgan fingerprint density at radius 2 is 1.77 bits per heavy atom. The van der Waals surface area contributed by atoms with Gasteiger partial charge in [0.15, 0.2) is 0 Å². The van der Waals surface area contributed by atoms with Crippen molar-refractivity contribution in [3.63, 3.8) is 0 Å². The number of aliphatic hydroxyl groups is 1. The lowest BCUT2D eigenvalue weighted by atomic mass is 9.87. The van der Waals surface area contributed by atoms with Crippen molar-refractivity contribution in [1.82, 2.24) is 15.6 Å². The number of hydrogen-bond acceptors (Lipinski definition) is 6. The minimum atomic E-state index is -2.73. The molecule has 2 fully saturated rings. The standard InChI is InChI=1S/C30H41F2N5O3/c1-29(2,3)19-6-8-21(9-7-19)37(28(40)24-16-22(38)17-34-24)26(23-18-33-15-12-25(23)36(4)5)27(39)35-20-10-13-30(31,32)14-11-20/h6-9,12,15,18,20,22,24,26,34,38H,10-11,13-14,16-17H2,1-5H3,(H,35,39). The zero-order valence-electron chi connectivity index (χ0n) is 24.0. The zero-order valence-corrected chi connectivity index (χ0v) is 24.0. The van der Waals surface area contributed by atoms with Gasteiger partial charge in [0, 0.05) is 68.9 Å². The van der Waals surface area contributed by atoms with Crippen molar-refractivity contribution in [3.8, 4) is 0 Å². The van der Waals surface area contributed by atoms with Crippen LogP contribution in [0.2, 0.25) is 0 Å². The maximum absolute atomic E-state index is 14.2. The van der Waals surface area contributed by atoms with Crippen LogP contribution in [0.5, 0.6) is 0 Å². The number of pyridine rings is 1. The summed E-state index contributed by atoms with van der Waals surface area (Å²) in [7, 11) is 3.69. The van der Waals surface area contributed by atoms with E-state index in [1.807, 2.05) is 43.3 Å². The summed E-state index contributed by atoms with van der Waals surface area (Å²) in [6, 6.07) is 7.08. The van der Waals surface area contributed by atoms with Gasteiger partial charge in [-0.3, -0.25) is 19.5 Å². The first-order valence-corrected chi connectivity index (χ1v) is 13.9. The Hall–Kier alpha value is -3.11. The van der Waals surface area contributed by atoms with Gasteiger partial charge < -0.3 is 20.6 Å². The molecule has 2 aliphatic rings. The van der Waals surface area contributed by atoms with E-state index in [4.69, 9.17) is 0 Å². The Labute approximate surface area is 235 Å². The van der Waals surface area contributed by atoms with Crippen LogP contribution >= 0.6 is 0 Å². The number of benzene rings is 1. The maximum atomic E-state index is 14.2. The molecule has 2 aromatic rings. The van der Waals surface area contributed by atoms with E-state index in [-0.39, 0.29) is 50.0 Å². The van der Waals surface area contributed by atoms with Crippen molar-refractivity contribution in [2.45, 2.75) is 88.4 Å². The molecule has 3 N–H and O–H groups in total. The number of aliphatic hydroxyl groups excluding tert-OH is 1. The van der Waals surface area contributed by atoms with Gasteiger partial charge in [0.2, 0.25) is 17.7 Å². The van der Waals surface area contributed by atoms with Crippen LogP contribution in [0.25, 0.3) is 0 Å². The van der Waals surface area contributed by atoms with Crippen LogP contribution in [0.15, 0.2) is 42.7 Å². The fraction of sp³-hybridized carbons (Fsp3) is 0.567. The van der Waals surface area contributed by atoms with Crippen molar-refractivity contribution in [2.24, 2.45) is 0 Å². The summed E-state index contributed by atoms with van der Waals surface area (Å²) in [4.78, 5) is 36.0. The normalized spacial score (nSPS) is 22.0. The van der Waals surface area contributed by atoms with Crippen LogP contribution in [-0.2, 0) is 15.0 Å². The highest BCUT2D eigenvalue weighted by Gasteiger charge is 2.42. The Balaban J connectivity index is 1.80. The number of amides is 2. The first kappa shape index (κ1) is 29.9. The highest BCUT2D eigenvalue weighted by Crippen LogP contribution is 2.37. The van der Waals surface area contributed by atoms with Gasteiger partial charge in [-0.25, -0.2) is 8.78 Å².